The lowest BCUT2D eigenvalue weighted by Gasteiger charge is -2.21. The first-order valence-corrected chi connectivity index (χ1v) is 9.59. The molecule has 0 fully saturated rings. The van der Waals surface area contributed by atoms with Gasteiger partial charge in [0.25, 0.3) is 5.91 Å². The first-order chi connectivity index (χ1) is 13.7. The lowest BCUT2D eigenvalue weighted by atomic mass is 10.1. The topological polar surface area (TPSA) is 71.0 Å². The second-order valence-corrected chi connectivity index (χ2v) is 7.22. The summed E-state index contributed by atoms with van der Waals surface area (Å²) < 4.78 is 0. The summed E-state index contributed by atoms with van der Waals surface area (Å²) in [5.74, 6) is 6.15. The highest BCUT2D eigenvalue weighted by Crippen LogP contribution is 2.42. The molecule has 0 spiro atoms. The molecule has 2 aromatic carbocycles. The quantitative estimate of drug-likeness (QED) is 0.649. The molecule has 0 aliphatic carbocycles. The molecular weight excluding hydrogens is 394 g/mol. The molecule has 6 nitrogen and oxygen atoms in total. The van der Waals surface area contributed by atoms with Crippen LogP contribution in [0.2, 0.25) is 5.28 Å². The first kappa shape index (κ1) is 18.3. The van der Waals surface area contributed by atoms with Crippen LogP contribution in [-0.4, -0.2) is 27.4 Å². The number of benzene rings is 2. The minimum absolute atomic E-state index is 0.0606. The Morgan fingerprint density at radius 1 is 1.18 bits per heavy atom. The SMILES string of the molecule is CC#CCN1C(=O)c2ccccc2Sc2cc(Nc3ncnc(Cl)n3)ccc21. The van der Waals surface area contributed by atoms with Crippen LogP contribution in [0.15, 0.2) is 58.6 Å². The molecule has 4 rings (SSSR count). The van der Waals surface area contributed by atoms with Gasteiger partial charge in [0, 0.05) is 15.5 Å². The van der Waals surface area contributed by atoms with Crippen LogP contribution in [0.5, 0.6) is 0 Å². The summed E-state index contributed by atoms with van der Waals surface area (Å²) in [5, 5.41) is 3.23. The Morgan fingerprint density at radius 2 is 2.04 bits per heavy atom. The fraction of sp³-hybridized carbons (Fsp3) is 0.100. The van der Waals surface area contributed by atoms with Gasteiger partial charge in [0.05, 0.1) is 17.8 Å². The van der Waals surface area contributed by atoms with E-state index in [9.17, 15) is 4.79 Å². The molecule has 2 heterocycles. The molecule has 0 bridgehead atoms. The number of nitrogens with zero attached hydrogens (tertiary/aromatic N) is 4. The molecule has 8 heteroatoms. The number of aromatic nitrogens is 3. The minimum Gasteiger partial charge on any atom is -0.324 e. The largest absolute Gasteiger partial charge is 0.324 e. The molecule has 1 N–H and O–H groups in total. The number of hydrogen-bond donors (Lipinski definition) is 1. The fourth-order valence-corrected chi connectivity index (χ4v) is 4.02. The Balaban J connectivity index is 1.76. The highest BCUT2D eigenvalue weighted by molar-refractivity contribution is 7.99. The van der Waals surface area contributed by atoms with Gasteiger partial charge in [-0.05, 0) is 48.9 Å². The van der Waals surface area contributed by atoms with E-state index in [1.165, 1.54) is 6.33 Å². The summed E-state index contributed by atoms with van der Waals surface area (Å²) in [4.78, 5) is 28.5. The Morgan fingerprint density at radius 3 is 2.86 bits per heavy atom. The standard InChI is InChI=1S/C20H14ClN5OS/c1-2-3-10-26-15-9-8-13(24-20-23-12-22-19(21)25-20)11-17(15)28-16-7-5-4-6-14(16)18(26)27/h4-9,11-12H,10H2,1H3,(H,22,23,24,25). The van der Waals surface area contributed by atoms with Crippen LogP contribution in [0.1, 0.15) is 17.3 Å². The predicted octanol–water partition coefficient (Wildman–Crippen LogP) is 4.40. The summed E-state index contributed by atoms with van der Waals surface area (Å²) in [6.45, 7) is 2.09. The van der Waals surface area contributed by atoms with Gasteiger partial charge in [-0.1, -0.05) is 29.8 Å². The number of amides is 1. The van der Waals surface area contributed by atoms with Crippen molar-refractivity contribution in [3.8, 4) is 11.8 Å². The van der Waals surface area contributed by atoms with E-state index in [0.29, 0.717) is 18.1 Å². The number of rotatable bonds is 3. The van der Waals surface area contributed by atoms with Crippen molar-refractivity contribution in [3.63, 3.8) is 0 Å². The van der Waals surface area contributed by atoms with Crippen LogP contribution < -0.4 is 10.2 Å². The Bertz CT molecular complexity index is 1120. The van der Waals surface area contributed by atoms with Crippen molar-refractivity contribution in [2.75, 3.05) is 16.8 Å². The van der Waals surface area contributed by atoms with E-state index in [1.54, 1.807) is 23.6 Å². The van der Waals surface area contributed by atoms with Gasteiger partial charge in [-0.3, -0.25) is 9.69 Å². The maximum absolute atomic E-state index is 13.1. The van der Waals surface area contributed by atoms with Crippen molar-refractivity contribution >= 4 is 46.6 Å². The number of carbonyl (C=O) groups is 1. The molecule has 138 valence electrons. The van der Waals surface area contributed by atoms with Crippen LogP contribution >= 0.6 is 23.4 Å². The van der Waals surface area contributed by atoms with E-state index < -0.39 is 0 Å². The maximum Gasteiger partial charge on any atom is 0.260 e. The monoisotopic (exact) mass is 407 g/mol. The molecule has 1 amide bonds. The zero-order valence-corrected chi connectivity index (χ0v) is 16.4. The van der Waals surface area contributed by atoms with Crippen LogP contribution in [0.4, 0.5) is 17.3 Å². The van der Waals surface area contributed by atoms with Crippen molar-refractivity contribution in [2.45, 2.75) is 16.7 Å². The summed E-state index contributed by atoms with van der Waals surface area (Å²) in [6.07, 6.45) is 1.34. The molecule has 1 aliphatic heterocycles. The minimum atomic E-state index is -0.0606. The number of halogens is 1. The van der Waals surface area contributed by atoms with E-state index in [1.807, 2.05) is 42.5 Å². The molecule has 0 atom stereocenters. The average molecular weight is 408 g/mol. The number of carbonyl (C=O) groups excluding carboxylic acids is 1. The number of fused-ring (bicyclic) bond motifs is 2. The average Bonchev–Trinajstić information content (AvgIpc) is 2.80. The Kier molecular flexibility index (Phi) is 5.15. The Labute approximate surface area is 171 Å². The van der Waals surface area contributed by atoms with Gasteiger partial charge in [0.1, 0.15) is 6.33 Å². The molecule has 0 radical (unpaired) electrons. The Hall–Kier alpha value is -3.08. The van der Waals surface area contributed by atoms with E-state index in [-0.39, 0.29) is 11.2 Å². The zero-order valence-electron chi connectivity index (χ0n) is 14.8. The molecule has 0 saturated heterocycles. The summed E-state index contributed by atoms with van der Waals surface area (Å²) in [7, 11) is 0. The van der Waals surface area contributed by atoms with Gasteiger partial charge < -0.3 is 5.32 Å². The van der Waals surface area contributed by atoms with Gasteiger partial charge in [-0.25, -0.2) is 9.97 Å². The van der Waals surface area contributed by atoms with Crippen molar-refractivity contribution < 1.29 is 4.79 Å². The third kappa shape index (κ3) is 3.65. The second-order valence-electron chi connectivity index (χ2n) is 5.80. The van der Waals surface area contributed by atoms with Crippen LogP contribution in [0.3, 0.4) is 0 Å². The second kappa shape index (κ2) is 7.89. The third-order valence-corrected chi connectivity index (χ3v) is 5.35. The lowest BCUT2D eigenvalue weighted by Crippen LogP contribution is -2.31. The molecule has 3 aromatic rings. The third-order valence-electron chi connectivity index (χ3n) is 4.05. The van der Waals surface area contributed by atoms with Crippen molar-refractivity contribution in [2.24, 2.45) is 0 Å². The molecule has 1 aromatic heterocycles. The zero-order chi connectivity index (χ0) is 19.5. The van der Waals surface area contributed by atoms with E-state index >= 15 is 0 Å². The van der Waals surface area contributed by atoms with Gasteiger partial charge >= 0.3 is 0 Å². The van der Waals surface area contributed by atoms with Crippen LogP contribution in [0.25, 0.3) is 0 Å². The molecule has 1 aliphatic rings. The summed E-state index contributed by atoms with van der Waals surface area (Å²) in [5.41, 5.74) is 2.26. The van der Waals surface area contributed by atoms with Gasteiger partial charge in [-0.2, -0.15) is 4.98 Å². The van der Waals surface area contributed by atoms with Crippen molar-refractivity contribution in [3.05, 3.63) is 59.6 Å². The number of anilines is 3. The van der Waals surface area contributed by atoms with Crippen LogP contribution in [-0.2, 0) is 0 Å². The maximum atomic E-state index is 13.1. The number of nitrogens with one attached hydrogen (secondary N) is 1. The predicted molar refractivity (Wildman–Crippen MR) is 110 cm³/mol. The van der Waals surface area contributed by atoms with E-state index in [0.717, 1.165) is 21.2 Å². The summed E-state index contributed by atoms with van der Waals surface area (Å²) >= 11 is 7.37. The summed E-state index contributed by atoms with van der Waals surface area (Å²) in [6, 6.07) is 13.3. The van der Waals surface area contributed by atoms with E-state index in [2.05, 4.69) is 32.1 Å². The number of hydrogen-bond acceptors (Lipinski definition) is 6. The molecule has 0 saturated carbocycles. The van der Waals surface area contributed by atoms with Crippen molar-refractivity contribution in [1.82, 2.24) is 15.0 Å². The van der Waals surface area contributed by atoms with Gasteiger partial charge in [-0.15, -0.1) is 5.92 Å². The highest BCUT2D eigenvalue weighted by atomic mass is 35.5. The fourth-order valence-electron chi connectivity index (χ4n) is 2.78. The molecule has 28 heavy (non-hydrogen) atoms. The molecular formula is C20H14ClN5OS. The van der Waals surface area contributed by atoms with E-state index in [4.69, 9.17) is 11.6 Å². The van der Waals surface area contributed by atoms with Crippen LogP contribution in [0, 0.1) is 11.8 Å². The van der Waals surface area contributed by atoms with Gasteiger partial charge in [0.15, 0.2) is 0 Å². The lowest BCUT2D eigenvalue weighted by molar-refractivity contribution is 0.0987. The van der Waals surface area contributed by atoms with Crippen molar-refractivity contribution in [1.29, 1.82) is 0 Å². The first-order valence-electron chi connectivity index (χ1n) is 8.39. The molecule has 0 unspecified atom stereocenters. The van der Waals surface area contributed by atoms with Gasteiger partial charge in [0.2, 0.25) is 11.2 Å². The highest BCUT2D eigenvalue weighted by Gasteiger charge is 2.26. The smallest absolute Gasteiger partial charge is 0.260 e. The normalized spacial score (nSPS) is 12.4.